The van der Waals surface area contributed by atoms with Gasteiger partial charge in [-0.2, -0.15) is 0 Å². The Hall–Kier alpha value is -1.56. The topological polar surface area (TPSA) is 79.6 Å². The first-order valence-corrected chi connectivity index (χ1v) is 5.68. The van der Waals surface area contributed by atoms with Gasteiger partial charge in [-0.05, 0) is 15.9 Å². The molecule has 0 atom stereocenters. The number of nitrogens with two attached hydrogens (primary N) is 1. The second-order valence-electron chi connectivity index (χ2n) is 3.30. The van der Waals surface area contributed by atoms with E-state index in [0.29, 0.717) is 5.69 Å². The van der Waals surface area contributed by atoms with Crippen LogP contribution in [-0.4, -0.2) is 21.5 Å². The Morgan fingerprint density at radius 2 is 2.31 bits per heavy atom. The first kappa shape index (κ1) is 10.9. The maximum absolute atomic E-state index is 5.80. The minimum absolute atomic E-state index is 0.633. The van der Waals surface area contributed by atoms with Crippen molar-refractivity contribution in [1.82, 2.24) is 15.0 Å². The van der Waals surface area contributed by atoms with E-state index in [9.17, 15) is 0 Å². The third-order valence-electron chi connectivity index (χ3n) is 2.15. The van der Waals surface area contributed by atoms with E-state index in [2.05, 4.69) is 36.2 Å². The summed E-state index contributed by atoms with van der Waals surface area (Å²) < 4.78 is 0.868. The van der Waals surface area contributed by atoms with Gasteiger partial charge in [-0.15, -0.1) is 0 Å². The van der Waals surface area contributed by atoms with Crippen LogP contribution < -0.4 is 11.1 Å². The van der Waals surface area contributed by atoms with Crippen LogP contribution in [0, 0.1) is 0 Å². The molecule has 0 saturated carbocycles. The highest BCUT2D eigenvalue weighted by atomic mass is 79.9. The van der Waals surface area contributed by atoms with Gasteiger partial charge >= 0.3 is 0 Å². The number of anilines is 2. The summed E-state index contributed by atoms with van der Waals surface area (Å²) >= 11 is 3.40. The van der Waals surface area contributed by atoms with Crippen LogP contribution in [0.1, 0.15) is 5.82 Å². The number of aromatic amines is 1. The first-order valence-electron chi connectivity index (χ1n) is 4.88. The minimum Gasteiger partial charge on any atom is -0.396 e. The van der Waals surface area contributed by atoms with Gasteiger partial charge in [0.25, 0.3) is 0 Å². The monoisotopic (exact) mass is 281 g/mol. The zero-order valence-electron chi connectivity index (χ0n) is 8.57. The Kier molecular flexibility index (Phi) is 3.40. The maximum Gasteiger partial charge on any atom is 0.107 e. The van der Waals surface area contributed by atoms with Crippen LogP contribution in [0.15, 0.2) is 29.3 Å². The largest absolute Gasteiger partial charge is 0.396 e. The Morgan fingerprint density at radius 3 is 3.00 bits per heavy atom. The highest BCUT2D eigenvalue weighted by Crippen LogP contribution is 2.26. The Bertz CT molecular complexity index is 434. The number of nitrogens with one attached hydrogen (secondary N) is 2. The number of H-pyrrole nitrogens is 1. The summed E-state index contributed by atoms with van der Waals surface area (Å²) in [7, 11) is 0. The van der Waals surface area contributed by atoms with Crippen LogP contribution in [0.5, 0.6) is 0 Å². The van der Waals surface area contributed by atoms with E-state index >= 15 is 0 Å². The Labute approximate surface area is 102 Å². The molecule has 4 N–H and O–H groups in total. The van der Waals surface area contributed by atoms with Gasteiger partial charge in [-0.3, -0.25) is 4.98 Å². The summed E-state index contributed by atoms with van der Waals surface area (Å²) in [4.78, 5) is 11.2. The van der Waals surface area contributed by atoms with E-state index < -0.39 is 0 Å². The Balaban J connectivity index is 1.95. The average molecular weight is 282 g/mol. The quantitative estimate of drug-likeness (QED) is 0.799. The zero-order chi connectivity index (χ0) is 11.4. The minimum atomic E-state index is 0.633. The Morgan fingerprint density at radius 1 is 1.44 bits per heavy atom. The van der Waals surface area contributed by atoms with E-state index in [1.807, 2.05) is 6.20 Å². The maximum atomic E-state index is 5.80. The van der Waals surface area contributed by atoms with Crippen LogP contribution in [0.3, 0.4) is 0 Å². The third-order valence-corrected chi connectivity index (χ3v) is 2.75. The molecule has 2 rings (SSSR count). The number of nitrogen functional groups attached to an aromatic ring is 1. The molecule has 0 spiro atoms. The summed E-state index contributed by atoms with van der Waals surface area (Å²) in [6.45, 7) is 0.764. The lowest BCUT2D eigenvalue weighted by molar-refractivity contribution is 0.926. The van der Waals surface area contributed by atoms with Crippen molar-refractivity contribution in [3.05, 3.63) is 35.1 Å². The van der Waals surface area contributed by atoms with Crippen molar-refractivity contribution >= 4 is 27.3 Å². The molecule has 2 heterocycles. The summed E-state index contributed by atoms with van der Waals surface area (Å²) in [5.74, 6) is 0.955. The molecule has 0 aliphatic rings. The average Bonchev–Trinajstić information content (AvgIpc) is 2.75. The number of rotatable bonds is 4. The molecule has 6 heteroatoms. The standard InChI is InChI=1S/C10H12BrN5/c11-7-5-13-6-8(12)10(7)16-2-1-9-14-3-4-15-9/h3-6H,1-2,12H2,(H,13,16)(H,14,15). The van der Waals surface area contributed by atoms with Gasteiger partial charge < -0.3 is 16.0 Å². The van der Waals surface area contributed by atoms with Crippen molar-refractivity contribution in [1.29, 1.82) is 0 Å². The molecule has 0 aliphatic heterocycles. The van der Waals surface area contributed by atoms with Gasteiger partial charge in [0.1, 0.15) is 5.82 Å². The van der Waals surface area contributed by atoms with E-state index in [4.69, 9.17) is 5.73 Å². The number of aromatic nitrogens is 3. The van der Waals surface area contributed by atoms with Gasteiger partial charge in [0.15, 0.2) is 0 Å². The van der Waals surface area contributed by atoms with E-state index in [0.717, 1.165) is 29.0 Å². The van der Waals surface area contributed by atoms with E-state index in [1.54, 1.807) is 18.6 Å². The van der Waals surface area contributed by atoms with Crippen molar-refractivity contribution in [2.24, 2.45) is 0 Å². The molecule has 0 fully saturated rings. The van der Waals surface area contributed by atoms with Crippen molar-refractivity contribution in [2.45, 2.75) is 6.42 Å². The second-order valence-corrected chi connectivity index (χ2v) is 4.15. The molecule has 16 heavy (non-hydrogen) atoms. The van der Waals surface area contributed by atoms with E-state index in [-0.39, 0.29) is 0 Å². The third kappa shape index (κ3) is 2.52. The first-order chi connectivity index (χ1) is 7.77. The van der Waals surface area contributed by atoms with Crippen LogP contribution in [0.2, 0.25) is 0 Å². The molecular formula is C10H12BrN5. The van der Waals surface area contributed by atoms with Crippen molar-refractivity contribution < 1.29 is 0 Å². The number of pyridine rings is 1. The van der Waals surface area contributed by atoms with Gasteiger partial charge in [0.2, 0.25) is 0 Å². The summed E-state index contributed by atoms with van der Waals surface area (Å²) in [5.41, 5.74) is 7.31. The van der Waals surface area contributed by atoms with Crippen LogP contribution in [0.25, 0.3) is 0 Å². The molecule has 2 aromatic heterocycles. The van der Waals surface area contributed by atoms with Crippen molar-refractivity contribution in [3.8, 4) is 0 Å². The highest BCUT2D eigenvalue weighted by molar-refractivity contribution is 9.10. The number of imidazole rings is 1. The SMILES string of the molecule is Nc1cncc(Br)c1NCCc1ncc[nH]1. The summed E-state index contributed by atoms with van der Waals surface area (Å²) in [6.07, 6.45) is 7.71. The fraction of sp³-hybridized carbons (Fsp3) is 0.200. The fourth-order valence-corrected chi connectivity index (χ4v) is 1.86. The number of halogens is 1. The van der Waals surface area contributed by atoms with Gasteiger partial charge in [0, 0.05) is 31.6 Å². The number of hydrogen-bond acceptors (Lipinski definition) is 4. The molecule has 0 radical (unpaired) electrons. The lowest BCUT2D eigenvalue weighted by Gasteiger charge is -2.09. The van der Waals surface area contributed by atoms with Crippen molar-refractivity contribution in [3.63, 3.8) is 0 Å². The smallest absolute Gasteiger partial charge is 0.107 e. The number of hydrogen-bond donors (Lipinski definition) is 3. The van der Waals surface area contributed by atoms with Crippen LogP contribution >= 0.6 is 15.9 Å². The van der Waals surface area contributed by atoms with Gasteiger partial charge in [0.05, 0.1) is 22.0 Å². The molecule has 2 aromatic rings. The molecule has 0 amide bonds. The predicted octanol–water partition coefficient (Wildman–Crippen LogP) is 1.80. The molecule has 0 unspecified atom stereocenters. The normalized spacial score (nSPS) is 10.3. The summed E-state index contributed by atoms with van der Waals surface area (Å²) in [5, 5.41) is 3.25. The highest BCUT2D eigenvalue weighted by Gasteiger charge is 2.04. The van der Waals surface area contributed by atoms with Crippen LogP contribution in [0.4, 0.5) is 11.4 Å². The van der Waals surface area contributed by atoms with Crippen LogP contribution in [-0.2, 0) is 6.42 Å². The lowest BCUT2D eigenvalue weighted by atomic mass is 10.3. The van der Waals surface area contributed by atoms with E-state index in [1.165, 1.54) is 0 Å². The number of nitrogens with zero attached hydrogens (tertiary/aromatic N) is 2. The fourth-order valence-electron chi connectivity index (χ4n) is 1.38. The summed E-state index contributed by atoms with van der Waals surface area (Å²) in [6, 6.07) is 0. The van der Waals surface area contributed by atoms with Gasteiger partial charge in [-0.25, -0.2) is 4.98 Å². The van der Waals surface area contributed by atoms with Crippen molar-refractivity contribution in [2.75, 3.05) is 17.6 Å². The predicted molar refractivity (Wildman–Crippen MR) is 67.1 cm³/mol. The molecule has 0 saturated heterocycles. The lowest BCUT2D eigenvalue weighted by Crippen LogP contribution is -2.08. The zero-order valence-corrected chi connectivity index (χ0v) is 10.2. The molecular weight excluding hydrogens is 270 g/mol. The molecule has 0 aromatic carbocycles. The molecule has 5 nitrogen and oxygen atoms in total. The van der Waals surface area contributed by atoms with Gasteiger partial charge in [-0.1, -0.05) is 0 Å². The molecule has 0 aliphatic carbocycles. The second kappa shape index (κ2) is 4.98. The molecule has 0 bridgehead atoms. The molecule has 84 valence electrons.